The molecule has 0 aliphatic heterocycles. The van der Waals surface area contributed by atoms with Crippen molar-refractivity contribution in [1.82, 2.24) is 34.5 Å². The van der Waals surface area contributed by atoms with Gasteiger partial charge in [0.15, 0.2) is 11.2 Å². The number of hydrogen-bond acceptors (Lipinski definition) is 6. The van der Waals surface area contributed by atoms with Gasteiger partial charge in [0.25, 0.3) is 11.1 Å². The minimum Gasteiger partial charge on any atom is -0.313 e. The van der Waals surface area contributed by atoms with Crippen LogP contribution in [0.25, 0.3) is 39.0 Å². The van der Waals surface area contributed by atoms with E-state index < -0.39 is 0 Å². The van der Waals surface area contributed by atoms with E-state index in [1.165, 1.54) is 6.33 Å². The molecule has 0 spiro atoms. The molecule has 120 valence electrons. The molecule has 0 unspecified atom stereocenters. The molecule has 5 rings (SSSR count). The van der Waals surface area contributed by atoms with Crippen molar-refractivity contribution in [3.8, 4) is 11.4 Å². The Balaban J connectivity index is 1.78. The van der Waals surface area contributed by atoms with E-state index >= 15 is 0 Å². The number of H-pyrrole nitrogens is 2. The zero-order chi connectivity index (χ0) is 17.0. The summed E-state index contributed by atoms with van der Waals surface area (Å²) < 4.78 is 1.56. The average Bonchev–Trinajstić information content (AvgIpc) is 3.01. The van der Waals surface area contributed by atoms with Crippen LogP contribution < -0.4 is 11.1 Å². The summed E-state index contributed by atoms with van der Waals surface area (Å²) in [5, 5.41) is 4.76. The first-order valence-corrected chi connectivity index (χ1v) is 7.41. The Kier molecular flexibility index (Phi) is 2.60. The summed E-state index contributed by atoms with van der Waals surface area (Å²) in [6.07, 6.45) is 4.45. The molecule has 0 saturated heterocycles. The summed E-state index contributed by atoms with van der Waals surface area (Å²) in [6.45, 7) is 0. The molecule has 9 nitrogen and oxygen atoms in total. The normalized spacial score (nSPS) is 11.5. The molecule has 0 bridgehead atoms. The zero-order valence-corrected chi connectivity index (χ0v) is 12.6. The van der Waals surface area contributed by atoms with Crippen molar-refractivity contribution < 1.29 is 0 Å². The first-order chi connectivity index (χ1) is 12.2. The highest BCUT2D eigenvalue weighted by Gasteiger charge is 2.11. The fourth-order valence-electron chi connectivity index (χ4n) is 2.82. The third-order valence-corrected chi connectivity index (χ3v) is 3.96. The quantitative estimate of drug-likeness (QED) is 0.470. The molecule has 0 aliphatic rings. The van der Waals surface area contributed by atoms with Crippen LogP contribution in [0.15, 0.2) is 52.6 Å². The fourth-order valence-corrected chi connectivity index (χ4v) is 2.82. The summed E-state index contributed by atoms with van der Waals surface area (Å²) in [4.78, 5) is 41.9. The first kappa shape index (κ1) is 13.5. The van der Waals surface area contributed by atoms with E-state index in [0.717, 1.165) is 0 Å². The van der Waals surface area contributed by atoms with Crippen LogP contribution in [0.2, 0.25) is 0 Å². The number of hydrogen-bond donors (Lipinski definition) is 2. The van der Waals surface area contributed by atoms with Gasteiger partial charge in [-0.2, -0.15) is 5.10 Å². The minimum absolute atomic E-state index is 0.236. The van der Waals surface area contributed by atoms with Crippen LogP contribution in [0, 0.1) is 0 Å². The van der Waals surface area contributed by atoms with Crippen molar-refractivity contribution in [3.05, 3.63) is 63.7 Å². The molecule has 0 atom stereocenters. The number of nitrogens with zero attached hydrogens (tertiary/aromatic N) is 5. The molecule has 9 heteroatoms. The molecule has 2 N–H and O–H groups in total. The lowest BCUT2D eigenvalue weighted by molar-refractivity contribution is 0.949. The molecule has 0 amide bonds. The lowest BCUT2D eigenvalue weighted by Gasteiger charge is -2.03. The van der Waals surface area contributed by atoms with Gasteiger partial charge in [0, 0.05) is 11.8 Å². The van der Waals surface area contributed by atoms with Crippen LogP contribution in [0.5, 0.6) is 0 Å². The zero-order valence-electron chi connectivity index (χ0n) is 12.6. The summed E-state index contributed by atoms with van der Waals surface area (Å²) in [5.41, 5.74) is 1.98. The first-order valence-electron chi connectivity index (χ1n) is 7.41. The van der Waals surface area contributed by atoms with Crippen LogP contribution in [0.3, 0.4) is 0 Å². The Bertz CT molecular complexity index is 1400. The Morgan fingerprint density at radius 1 is 1.08 bits per heavy atom. The number of aromatic nitrogens is 7. The van der Waals surface area contributed by atoms with Crippen molar-refractivity contribution in [1.29, 1.82) is 0 Å². The number of fused-ring (bicyclic) bond motifs is 4. The van der Waals surface area contributed by atoms with Crippen molar-refractivity contribution >= 4 is 27.6 Å². The van der Waals surface area contributed by atoms with Crippen LogP contribution in [0.1, 0.15) is 0 Å². The Labute approximate surface area is 138 Å². The summed E-state index contributed by atoms with van der Waals surface area (Å²) in [5.74, 6) is 0.382. The van der Waals surface area contributed by atoms with E-state index in [0.29, 0.717) is 33.5 Å². The van der Waals surface area contributed by atoms with Crippen LogP contribution in [-0.4, -0.2) is 34.5 Å². The van der Waals surface area contributed by atoms with Gasteiger partial charge in [-0.3, -0.25) is 9.59 Å². The van der Waals surface area contributed by atoms with E-state index in [1.807, 2.05) is 0 Å². The van der Waals surface area contributed by atoms with Crippen molar-refractivity contribution in [2.24, 2.45) is 0 Å². The van der Waals surface area contributed by atoms with E-state index in [-0.39, 0.29) is 16.6 Å². The highest BCUT2D eigenvalue weighted by atomic mass is 16.1. The van der Waals surface area contributed by atoms with Crippen molar-refractivity contribution in [3.63, 3.8) is 0 Å². The number of nitrogens with one attached hydrogen (secondary N) is 2. The summed E-state index contributed by atoms with van der Waals surface area (Å²) >= 11 is 0. The van der Waals surface area contributed by atoms with Crippen LogP contribution >= 0.6 is 0 Å². The molecule has 5 aromatic rings. The maximum Gasteiger partial charge on any atom is 0.277 e. The standard InChI is InChI=1S/C16H9N7O2/c24-15-10-5-9-4-8(6-20-23(9)14(10)18-7-19-15)13-21-11-2-1-3-17-12(11)16(25)22-13/h1-7H,(H,18,19,24)(H,21,22,25). The molecular formula is C16H9N7O2. The van der Waals surface area contributed by atoms with Crippen molar-refractivity contribution in [2.45, 2.75) is 0 Å². The Morgan fingerprint density at radius 3 is 2.92 bits per heavy atom. The molecule has 5 aromatic heterocycles. The maximum absolute atomic E-state index is 12.2. The monoisotopic (exact) mass is 331 g/mol. The molecule has 0 radical (unpaired) electrons. The van der Waals surface area contributed by atoms with Gasteiger partial charge in [0.05, 0.1) is 28.9 Å². The average molecular weight is 331 g/mol. The van der Waals surface area contributed by atoms with Crippen LogP contribution in [-0.2, 0) is 0 Å². The number of rotatable bonds is 1. The third-order valence-electron chi connectivity index (χ3n) is 3.96. The molecule has 5 heterocycles. The minimum atomic E-state index is -0.320. The topological polar surface area (TPSA) is 122 Å². The molecule has 0 aliphatic carbocycles. The van der Waals surface area contributed by atoms with Gasteiger partial charge in [-0.25, -0.2) is 19.5 Å². The smallest absolute Gasteiger partial charge is 0.277 e. The molecule has 0 fully saturated rings. The highest BCUT2D eigenvalue weighted by Crippen LogP contribution is 2.20. The Hall–Kier alpha value is -3.88. The van der Waals surface area contributed by atoms with Gasteiger partial charge in [0.2, 0.25) is 0 Å². The maximum atomic E-state index is 12.2. The second kappa shape index (κ2) is 4.81. The number of aromatic amines is 2. The van der Waals surface area contributed by atoms with E-state index in [1.54, 1.807) is 41.2 Å². The van der Waals surface area contributed by atoms with Crippen LogP contribution in [0.4, 0.5) is 0 Å². The third kappa shape index (κ3) is 1.96. The second-order valence-corrected chi connectivity index (χ2v) is 5.48. The molecule has 0 saturated carbocycles. The number of pyridine rings is 1. The van der Waals surface area contributed by atoms with Gasteiger partial charge in [-0.05, 0) is 24.3 Å². The van der Waals surface area contributed by atoms with Crippen molar-refractivity contribution in [2.75, 3.05) is 0 Å². The molecular weight excluding hydrogens is 322 g/mol. The largest absolute Gasteiger partial charge is 0.313 e. The predicted molar refractivity (Wildman–Crippen MR) is 90.3 cm³/mol. The molecule has 25 heavy (non-hydrogen) atoms. The lowest BCUT2D eigenvalue weighted by atomic mass is 10.2. The van der Waals surface area contributed by atoms with Gasteiger partial charge in [0.1, 0.15) is 5.82 Å². The lowest BCUT2D eigenvalue weighted by Crippen LogP contribution is -2.11. The highest BCUT2D eigenvalue weighted by molar-refractivity contribution is 5.84. The molecule has 0 aromatic carbocycles. The van der Waals surface area contributed by atoms with Gasteiger partial charge < -0.3 is 9.97 Å². The second-order valence-electron chi connectivity index (χ2n) is 5.48. The van der Waals surface area contributed by atoms with Gasteiger partial charge >= 0.3 is 0 Å². The van der Waals surface area contributed by atoms with Gasteiger partial charge in [-0.1, -0.05) is 0 Å². The summed E-state index contributed by atoms with van der Waals surface area (Å²) in [7, 11) is 0. The SMILES string of the molecule is O=c1[nH]cnc2c1cc1cc(-c3nc4cccnc4c(=O)[nH]3)cnn12. The van der Waals surface area contributed by atoms with E-state index in [4.69, 9.17) is 0 Å². The Morgan fingerprint density at radius 2 is 2.00 bits per heavy atom. The predicted octanol–water partition coefficient (Wildman–Crippen LogP) is 0.869. The van der Waals surface area contributed by atoms with Gasteiger partial charge in [-0.15, -0.1) is 0 Å². The summed E-state index contributed by atoms with van der Waals surface area (Å²) in [6, 6.07) is 6.92. The van der Waals surface area contributed by atoms with E-state index in [9.17, 15) is 9.59 Å². The van der Waals surface area contributed by atoms with E-state index in [2.05, 4.69) is 30.0 Å². The fraction of sp³-hybridized carbons (Fsp3) is 0.